The Morgan fingerprint density at radius 2 is 1.50 bits per heavy atom. The monoisotopic (exact) mass is 179 g/mol. The predicted octanol–water partition coefficient (Wildman–Crippen LogP) is 1.72. The van der Waals surface area contributed by atoms with E-state index >= 15 is 0 Å². The minimum absolute atomic E-state index is 0. The summed E-state index contributed by atoms with van der Waals surface area (Å²) < 4.78 is 0. The molecule has 0 aromatic heterocycles. The van der Waals surface area contributed by atoms with Crippen LogP contribution < -0.4 is 5.32 Å². The summed E-state index contributed by atoms with van der Waals surface area (Å²) in [5.41, 5.74) is 0. The third-order valence-electron chi connectivity index (χ3n) is 1.60. The van der Waals surface area contributed by atoms with Crippen LogP contribution in [0.4, 0.5) is 0 Å². The first-order chi connectivity index (χ1) is 3.29. The third kappa shape index (κ3) is 2.14. The summed E-state index contributed by atoms with van der Waals surface area (Å²) in [4.78, 5) is 0. The van der Waals surface area contributed by atoms with Crippen molar-refractivity contribution in [3.63, 3.8) is 0 Å². The molecule has 1 fully saturated rings. The van der Waals surface area contributed by atoms with Crippen LogP contribution in [0.2, 0.25) is 0 Å². The summed E-state index contributed by atoms with van der Waals surface area (Å²) in [7, 11) is 0. The molecule has 0 aromatic carbocycles. The van der Waals surface area contributed by atoms with Crippen LogP contribution in [0.25, 0.3) is 0 Å². The Kier molecular flexibility index (Phi) is 3.65. The molecule has 0 aromatic rings. The second-order valence-electron chi connectivity index (χ2n) is 2.55. The van der Waals surface area contributed by atoms with Gasteiger partial charge in [-0.1, -0.05) is 0 Å². The molecule has 0 aliphatic carbocycles. The summed E-state index contributed by atoms with van der Waals surface area (Å²) >= 11 is 0. The maximum Gasteiger partial charge on any atom is 0.00417 e. The molecule has 1 saturated heterocycles. The van der Waals surface area contributed by atoms with E-state index in [4.69, 9.17) is 0 Å². The van der Waals surface area contributed by atoms with E-state index in [0.29, 0.717) is 0 Å². The quantitative estimate of drug-likeness (QED) is 0.598. The first-order valence-corrected chi connectivity index (χ1v) is 3.05. The summed E-state index contributed by atoms with van der Waals surface area (Å²) in [5.74, 6) is 0. The van der Waals surface area contributed by atoms with Crippen LogP contribution >= 0.6 is 17.0 Å². The van der Waals surface area contributed by atoms with E-state index in [0.717, 1.165) is 12.1 Å². The minimum atomic E-state index is 0. The maximum atomic E-state index is 3.42. The van der Waals surface area contributed by atoms with Crippen molar-refractivity contribution in [1.29, 1.82) is 0 Å². The second kappa shape index (κ2) is 3.46. The van der Waals surface area contributed by atoms with Crippen LogP contribution in [-0.4, -0.2) is 12.1 Å². The van der Waals surface area contributed by atoms with E-state index in [-0.39, 0.29) is 17.0 Å². The predicted molar refractivity (Wildman–Crippen MR) is 41.6 cm³/mol. The van der Waals surface area contributed by atoms with Gasteiger partial charge in [-0.25, -0.2) is 0 Å². The molecule has 1 N–H and O–H groups in total. The highest BCUT2D eigenvalue weighted by Crippen LogP contribution is 2.09. The van der Waals surface area contributed by atoms with E-state index < -0.39 is 0 Å². The van der Waals surface area contributed by atoms with Crippen molar-refractivity contribution in [2.75, 3.05) is 0 Å². The molecule has 1 aliphatic rings. The lowest BCUT2D eigenvalue weighted by Crippen LogP contribution is -2.23. The van der Waals surface area contributed by atoms with Gasteiger partial charge in [0.15, 0.2) is 0 Å². The zero-order valence-electron chi connectivity index (χ0n) is 5.48. The molecule has 1 aliphatic heterocycles. The number of hydrogen-bond donors (Lipinski definition) is 1. The highest BCUT2D eigenvalue weighted by atomic mass is 79.9. The van der Waals surface area contributed by atoms with Crippen LogP contribution in [0, 0.1) is 0 Å². The lowest BCUT2D eigenvalue weighted by atomic mass is 10.2. The van der Waals surface area contributed by atoms with Gasteiger partial charge in [-0.2, -0.15) is 0 Å². The highest BCUT2D eigenvalue weighted by molar-refractivity contribution is 8.93. The minimum Gasteiger partial charge on any atom is -0.312 e. The fraction of sp³-hybridized carbons (Fsp3) is 1.00. The molecule has 50 valence electrons. The summed E-state index contributed by atoms with van der Waals surface area (Å²) in [5, 5.41) is 3.42. The zero-order chi connectivity index (χ0) is 5.28. The van der Waals surface area contributed by atoms with Crippen molar-refractivity contribution >= 4 is 17.0 Å². The van der Waals surface area contributed by atoms with Crippen molar-refractivity contribution in [2.24, 2.45) is 0 Å². The largest absolute Gasteiger partial charge is 0.312 e. The highest BCUT2D eigenvalue weighted by Gasteiger charge is 2.14. The Balaban J connectivity index is 0.000000490. The van der Waals surface area contributed by atoms with Crippen molar-refractivity contribution < 1.29 is 0 Å². The molecular formula is C6H14BrN. The van der Waals surface area contributed by atoms with Gasteiger partial charge in [-0.15, -0.1) is 17.0 Å². The van der Waals surface area contributed by atoms with Gasteiger partial charge < -0.3 is 5.32 Å². The summed E-state index contributed by atoms with van der Waals surface area (Å²) in [6.45, 7) is 4.48. The van der Waals surface area contributed by atoms with Crippen LogP contribution in [0.3, 0.4) is 0 Å². The fourth-order valence-corrected chi connectivity index (χ4v) is 1.15. The van der Waals surface area contributed by atoms with Gasteiger partial charge in [0, 0.05) is 12.1 Å². The van der Waals surface area contributed by atoms with Crippen LogP contribution in [0.1, 0.15) is 26.7 Å². The normalized spacial score (nSPS) is 36.8. The fourth-order valence-electron chi connectivity index (χ4n) is 1.15. The van der Waals surface area contributed by atoms with E-state index in [2.05, 4.69) is 19.2 Å². The molecule has 0 spiro atoms. The standard InChI is InChI=1S/C6H13N.BrH/c1-5-3-4-6(2)7-5;/h5-7H,3-4H2,1-2H3;1H. The SMILES string of the molecule is Br.CC1CCC(C)N1. The number of hydrogen-bond acceptors (Lipinski definition) is 1. The molecule has 2 heteroatoms. The number of nitrogens with one attached hydrogen (secondary N) is 1. The summed E-state index contributed by atoms with van der Waals surface area (Å²) in [6, 6.07) is 1.55. The molecule has 0 bridgehead atoms. The van der Waals surface area contributed by atoms with Gasteiger partial charge in [-0.3, -0.25) is 0 Å². The van der Waals surface area contributed by atoms with Crippen molar-refractivity contribution in [1.82, 2.24) is 5.32 Å². The molecule has 8 heavy (non-hydrogen) atoms. The molecule has 2 atom stereocenters. The van der Waals surface area contributed by atoms with Crippen molar-refractivity contribution in [2.45, 2.75) is 38.8 Å². The lowest BCUT2D eigenvalue weighted by molar-refractivity contribution is 0.596. The Morgan fingerprint density at radius 3 is 1.62 bits per heavy atom. The van der Waals surface area contributed by atoms with Gasteiger partial charge in [0.1, 0.15) is 0 Å². The molecule has 0 amide bonds. The smallest absolute Gasteiger partial charge is 0.00417 e. The first kappa shape index (κ1) is 8.44. The topological polar surface area (TPSA) is 12.0 Å². The van der Waals surface area contributed by atoms with Gasteiger partial charge in [-0.05, 0) is 26.7 Å². The van der Waals surface area contributed by atoms with Crippen LogP contribution in [0.15, 0.2) is 0 Å². The van der Waals surface area contributed by atoms with Gasteiger partial charge >= 0.3 is 0 Å². The van der Waals surface area contributed by atoms with Crippen molar-refractivity contribution in [3.8, 4) is 0 Å². The second-order valence-corrected chi connectivity index (χ2v) is 2.55. The van der Waals surface area contributed by atoms with Gasteiger partial charge in [0.05, 0.1) is 0 Å². The number of halogens is 1. The van der Waals surface area contributed by atoms with Crippen LogP contribution in [0.5, 0.6) is 0 Å². The molecule has 1 rings (SSSR count). The molecular weight excluding hydrogens is 166 g/mol. The average Bonchev–Trinajstić information content (AvgIpc) is 1.87. The Morgan fingerprint density at radius 1 is 1.12 bits per heavy atom. The molecule has 0 radical (unpaired) electrons. The molecule has 0 saturated carbocycles. The average molecular weight is 180 g/mol. The number of rotatable bonds is 0. The molecule has 1 nitrogen and oxygen atoms in total. The van der Waals surface area contributed by atoms with Crippen molar-refractivity contribution in [3.05, 3.63) is 0 Å². The Hall–Kier alpha value is 0.440. The first-order valence-electron chi connectivity index (χ1n) is 3.05. The van der Waals surface area contributed by atoms with Gasteiger partial charge in [0.2, 0.25) is 0 Å². The zero-order valence-corrected chi connectivity index (χ0v) is 7.19. The van der Waals surface area contributed by atoms with E-state index in [1.165, 1.54) is 12.8 Å². The Bertz CT molecular complexity index is 57.5. The lowest BCUT2D eigenvalue weighted by Gasteiger charge is -2.01. The molecule has 1 heterocycles. The Labute approximate surface area is 61.6 Å². The maximum absolute atomic E-state index is 3.42. The molecule has 2 unspecified atom stereocenters. The third-order valence-corrected chi connectivity index (χ3v) is 1.60. The van der Waals surface area contributed by atoms with E-state index in [1.807, 2.05) is 0 Å². The van der Waals surface area contributed by atoms with E-state index in [1.54, 1.807) is 0 Å². The van der Waals surface area contributed by atoms with E-state index in [9.17, 15) is 0 Å². The summed E-state index contributed by atoms with van der Waals surface area (Å²) in [6.07, 6.45) is 2.72. The van der Waals surface area contributed by atoms with Crippen LogP contribution in [-0.2, 0) is 0 Å². The van der Waals surface area contributed by atoms with Gasteiger partial charge in [0.25, 0.3) is 0 Å².